The zero-order valence-corrected chi connectivity index (χ0v) is 10.1. The van der Waals surface area contributed by atoms with Crippen LogP contribution in [-0.2, 0) is 6.54 Å². The Morgan fingerprint density at radius 1 is 1.11 bits per heavy atom. The third-order valence-electron chi connectivity index (χ3n) is 3.29. The van der Waals surface area contributed by atoms with Crippen LogP contribution in [0.5, 0.6) is 5.75 Å². The zero-order chi connectivity index (χ0) is 12.7. The van der Waals surface area contributed by atoms with Gasteiger partial charge >= 0.3 is 0 Å². The normalized spacial score (nSPS) is 13.8. The number of hydrogen-bond acceptors (Lipinski definition) is 2. The fourth-order valence-electron chi connectivity index (χ4n) is 2.25. The van der Waals surface area contributed by atoms with Crippen LogP contribution in [0.15, 0.2) is 42.5 Å². The summed E-state index contributed by atoms with van der Waals surface area (Å²) >= 11 is 0. The van der Waals surface area contributed by atoms with Crippen LogP contribution in [0.4, 0.5) is 5.69 Å². The first-order chi connectivity index (χ1) is 8.66. The number of nitrogens with zero attached hydrogens (tertiary/aromatic N) is 1. The van der Waals surface area contributed by atoms with Gasteiger partial charge in [-0.25, -0.2) is 0 Å². The highest BCUT2D eigenvalue weighted by Gasteiger charge is 2.30. The van der Waals surface area contributed by atoms with Crippen molar-refractivity contribution in [1.82, 2.24) is 0 Å². The number of amides is 1. The maximum absolute atomic E-state index is 12.2. The lowest BCUT2D eigenvalue weighted by atomic mass is 10.1. The number of rotatable bonds is 1. The number of benzene rings is 2. The molecule has 0 fully saturated rings. The quantitative estimate of drug-likeness (QED) is 0.831. The first-order valence-corrected chi connectivity index (χ1v) is 5.86. The lowest BCUT2D eigenvalue weighted by molar-refractivity contribution is 0.0996. The predicted octanol–water partition coefficient (Wildman–Crippen LogP) is 2.86. The Labute approximate surface area is 105 Å². The van der Waals surface area contributed by atoms with Crippen molar-refractivity contribution in [2.45, 2.75) is 13.5 Å². The topological polar surface area (TPSA) is 40.5 Å². The van der Waals surface area contributed by atoms with Crippen LogP contribution in [0.25, 0.3) is 0 Å². The molecule has 1 amide bonds. The molecule has 1 N–H and O–H groups in total. The third-order valence-corrected chi connectivity index (χ3v) is 3.29. The van der Waals surface area contributed by atoms with Gasteiger partial charge in [-0.1, -0.05) is 23.8 Å². The van der Waals surface area contributed by atoms with Crippen LogP contribution in [0.1, 0.15) is 21.5 Å². The van der Waals surface area contributed by atoms with E-state index in [-0.39, 0.29) is 11.7 Å². The highest BCUT2D eigenvalue weighted by atomic mass is 16.3. The van der Waals surface area contributed by atoms with Gasteiger partial charge in [0.25, 0.3) is 5.91 Å². The molecule has 1 aliphatic rings. The van der Waals surface area contributed by atoms with Crippen molar-refractivity contribution in [3.8, 4) is 5.75 Å². The van der Waals surface area contributed by atoms with E-state index in [1.807, 2.05) is 31.2 Å². The highest BCUT2D eigenvalue weighted by molar-refractivity contribution is 6.10. The minimum absolute atomic E-state index is 0.0512. The number of phenolic OH excluding ortho intramolecular Hbond substituents is 1. The molecule has 0 saturated heterocycles. The molecule has 1 heterocycles. The third kappa shape index (κ3) is 1.56. The summed E-state index contributed by atoms with van der Waals surface area (Å²) in [6.07, 6.45) is 0. The smallest absolute Gasteiger partial charge is 0.259 e. The van der Waals surface area contributed by atoms with Crippen molar-refractivity contribution < 1.29 is 9.90 Å². The first kappa shape index (κ1) is 10.8. The van der Waals surface area contributed by atoms with Crippen LogP contribution < -0.4 is 4.90 Å². The van der Waals surface area contributed by atoms with Gasteiger partial charge in [-0.05, 0) is 31.2 Å². The van der Waals surface area contributed by atoms with Gasteiger partial charge in [0.05, 0.1) is 6.54 Å². The van der Waals surface area contributed by atoms with Gasteiger partial charge in [-0.2, -0.15) is 0 Å². The van der Waals surface area contributed by atoms with Crippen LogP contribution in [0.3, 0.4) is 0 Å². The molecule has 3 rings (SSSR count). The van der Waals surface area contributed by atoms with Crippen LogP contribution >= 0.6 is 0 Å². The number of anilines is 1. The Morgan fingerprint density at radius 3 is 2.50 bits per heavy atom. The van der Waals surface area contributed by atoms with E-state index < -0.39 is 0 Å². The molecule has 0 bridgehead atoms. The summed E-state index contributed by atoms with van der Waals surface area (Å²) in [5.74, 6) is 0.139. The summed E-state index contributed by atoms with van der Waals surface area (Å²) in [5, 5.41) is 9.78. The molecular weight excluding hydrogens is 226 g/mol. The lowest BCUT2D eigenvalue weighted by Crippen LogP contribution is -2.22. The Kier molecular flexibility index (Phi) is 2.33. The summed E-state index contributed by atoms with van der Waals surface area (Å²) in [4.78, 5) is 13.9. The van der Waals surface area contributed by atoms with Crippen molar-refractivity contribution >= 4 is 11.6 Å². The number of hydrogen-bond donors (Lipinski definition) is 1. The molecule has 0 spiro atoms. The molecule has 90 valence electrons. The van der Waals surface area contributed by atoms with Crippen molar-refractivity contribution in [1.29, 1.82) is 0 Å². The SMILES string of the molecule is Cc1ccc(N2Cc3c(O)cccc3C2=O)cc1. The molecule has 2 aromatic carbocycles. The molecule has 0 atom stereocenters. The van der Waals surface area contributed by atoms with Crippen LogP contribution in [0.2, 0.25) is 0 Å². The Morgan fingerprint density at radius 2 is 1.83 bits per heavy atom. The molecule has 0 aromatic heterocycles. The van der Waals surface area contributed by atoms with Gasteiger partial charge in [0.15, 0.2) is 0 Å². The predicted molar refractivity (Wildman–Crippen MR) is 69.8 cm³/mol. The van der Waals surface area contributed by atoms with E-state index in [0.717, 1.165) is 11.3 Å². The van der Waals surface area contributed by atoms with E-state index in [1.165, 1.54) is 0 Å². The molecule has 0 radical (unpaired) electrons. The maximum atomic E-state index is 12.2. The molecule has 0 unspecified atom stereocenters. The number of aryl methyl sites for hydroxylation is 1. The van der Waals surface area contributed by atoms with Crippen molar-refractivity contribution in [3.63, 3.8) is 0 Å². The number of carbonyl (C=O) groups is 1. The van der Waals surface area contributed by atoms with E-state index in [0.29, 0.717) is 17.7 Å². The molecule has 3 heteroatoms. The van der Waals surface area contributed by atoms with Crippen molar-refractivity contribution in [2.75, 3.05) is 4.90 Å². The number of fused-ring (bicyclic) bond motifs is 1. The van der Waals surface area contributed by atoms with Crippen LogP contribution in [-0.4, -0.2) is 11.0 Å². The number of aromatic hydroxyl groups is 1. The summed E-state index contributed by atoms with van der Waals surface area (Å²) in [5.41, 5.74) is 3.32. The van der Waals surface area contributed by atoms with Gasteiger partial charge in [-0.3, -0.25) is 4.79 Å². The van der Waals surface area contributed by atoms with Crippen molar-refractivity contribution in [2.24, 2.45) is 0 Å². The standard InChI is InChI=1S/C15H13NO2/c1-10-5-7-11(8-6-10)16-9-13-12(15(16)18)3-2-4-14(13)17/h2-8,17H,9H2,1H3. The van der Waals surface area contributed by atoms with Crippen molar-refractivity contribution in [3.05, 3.63) is 59.2 Å². The number of phenols is 1. The van der Waals surface area contributed by atoms with E-state index in [1.54, 1.807) is 23.1 Å². The second-order valence-corrected chi connectivity index (χ2v) is 4.53. The molecule has 1 aliphatic heterocycles. The number of carbonyl (C=O) groups excluding carboxylic acids is 1. The van der Waals surface area contributed by atoms with Gasteiger partial charge < -0.3 is 10.0 Å². The largest absolute Gasteiger partial charge is 0.508 e. The van der Waals surface area contributed by atoms with Crippen LogP contribution in [0, 0.1) is 6.92 Å². The van der Waals surface area contributed by atoms with Gasteiger partial charge in [0.1, 0.15) is 5.75 Å². The van der Waals surface area contributed by atoms with Gasteiger partial charge in [0.2, 0.25) is 0 Å². The first-order valence-electron chi connectivity index (χ1n) is 5.86. The average molecular weight is 239 g/mol. The highest BCUT2D eigenvalue weighted by Crippen LogP contribution is 2.33. The molecule has 2 aromatic rings. The van der Waals surface area contributed by atoms with E-state index in [4.69, 9.17) is 0 Å². The maximum Gasteiger partial charge on any atom is 0.259 e. The Hall–Kier alpha value is -2.29. The second-order valence-electron chi connectivity index (χ2n) is 4.53. The minimum Gasteiger partial charge on any atom is -0.508 e. The van der Waals surface area contributed by atoms with E-state index in [2.05, 4.69) is 0 Å². The lowest BCUT2D eigenvalue weighted by Gasteiger charge is -2.15. The zero-order valence-electron chi connectivity index (χ0n) is 10.1. The summed E-state index contributed by atoms with van der Waals surface area (Å²) < 4.78 is 0. The van der Waals surface area contributed by atoms with E-state index >= 15 is 0 Å². The summed E-state index contributed by atoms with van der Waals surface area (Å²) in [6, 6.07) is 12.9. The van der Waals surface area contributed by atoms with E-state index in [9.17, 15) is 9.90 Å². The summed E-state index contributed by atoms with van der Waals surface area (Å²) in [6.45, 7) is 2.44. The average Bonchev–Trinajstić information content (AvgIpc) is 2.70. The van der Waals surface area contributed by atoms with Gasteiger partial charge in [0, 0.05) is 16.8 Å². The monoisotopic (exact) mass is 239 g/mol. The van der Waals surface area contributed by atoms with Gasteiger partial charge in [-0.15, -0.1) is 0 Å². The Bertz CT molecular complexity index is 617. The summed E-state index contributed by atoms with van der Waals surface area (Å²) in [7, 11) is 0. The second kappa shape index (κ2) is 3.88. The molecule has 0 saturated carbocycles. The Balaban J connectivity index is 2.02. The fourth-order valence-corrected chi connectivity index (χ4v) is 2.25. The molecule has 0 aliphatic carbocycles. The molecule has 3 nitrogen and oxygen atoms in total. The molecule has 18 heavy (non-hydrogen) atoms. The minimum atomic E-state index is -0.0512. The fraction of sp³-hybridized carbons (Fsp3) is 0.133. The molecular formula is C15H13NO2.